The Morgan fingerprint density at radius 3 is 2.47 bits per heavy atom. The number of carbonyl (C=O) groups is 1. The van der Waals surface area contributed by atoms with Crippen LogP contribution in [0.25, 0.3) is 0 Å². The summed E-state index contributed by atoms with van der Waals surface area (Å²) in [5.74, 6) is -1.40. The van der Waals surface area contributed by atoms with E-state index in [4.69, 9.17) is 28.9 Å². The average Bonchev–Trinajstić information content (AvgIpc) is 1.99. The molecule has 1 aromatic carbocycles. The minimum atomic E-state index is -3.09. The number of amides is 1. The number of hydrogen-bond acceptors (Lipinski definition) is 2. The molecule has 0 radical (unpaired) electrons. The van der Waals surface area contributed by atoms with Gasteiger partial charge in [0.1, 0.15) is 11.3 Å². The highest BCUT2D eigenvalue weighted by molar-refractivity contribution is 6.37. The van der Waals surface area contributed by atoms with E-state index in [1.165, 1.54) is 6.07 Å². The summed E-state index contributed by atoms with van der Waals surface area (Å²) in [5.41, 5.74) is 4.63. The first kappa shape index (κ1) is 12.0. The van der Waals surface area contributed by atoms with Crippen molar-refractivity contribution in [1.82, 2.24) is 0 Å². The monoisotopic (exact) mass is 255 g/mol. The first-order valence-electron chi connectivity index (χ1n) is 3.65. The maximum absolute atomic E-state index is 12.0. The third-order valence-electron chi connectivity index (χ3n) is 1.48. The van der Waals surface area contributed by atoms with Crippen molar-refractivity contribution in [3.8, 4) is 5.75 Å². The lowest BCUT2D eigenvalue weighted by molar-refractivity contribution is -0.0501. The van der Waals surface area contributed by atoms with E-state index in [1.807, 2.05) is 0 Å². The van der Waals surface area contributed by atoms with Crippen LogP contribution >= 0.6 is 23.2 Å². The van der Waals surface area contributed by atoms with Gasteiger partial charge in [-0.2, -0.15) is 8.78 Å². The lowest BCUT2D eigenvalue weighted by Crippen LogP contribution is -2.15. The second-order valence-electron chi connectivity index (χ2n) is 2.50. The normalized spacial score (nSPS) is 10.5. The van der Waals surface area contributed by atoms with E-state index in [-0.39, 0.29) is 15.6 Å². The molecule has 7 heteroatoms. The summed E-state index contributed by atoms with van der Waals surface area (Å²) in [6.45, 7) is -3.09. The maximum Gasteiger partial charge on any atom is 0.387 e. The Morgan fingerprint density at radius 2 is 2.00 bits per heavy atom. The highest BCUT2D eigenvalue weighted by Crippen LogP contribution is 2.31. The van der Waals surface area contributed by atoms with Crippen molar-refractivity contribution >= 4 is 29.1 Å². The Balaban J connectivity index is 3.27. The van der Waals surface area contributed by atoms with E-state index >= 15 is 0 Å². The molecular formula is C8H5Cl2F2NO2. The fourth-order valence-corrected chi connectivity index (χ4v) is 1.55. The Morgan fingerprint density at radius 1 is 1.40 bits per heavy atom. The number of rotatable bonds is 3. The number of alkyl halides is 2. The highest BCUT2D eigenvalue weighted by atomic mass is 35.5. The van der Waals surface area contributed by atoms with Gasteiger partial charge in [-0.3, -0.25) is 4.79 Å². The molecule has 15 heavy (non-hydrogen) atoms. The highest BCUT2D eigenvalue weighted by Gasteiger charge is 2.18. The predicted molar refractivity (Wildman–Crippen MR) is 51.6 cm³/mol. The fourth-order valence-electron chi connectivity index (χ4n) is 0.978. The van der Waals surface area contributed by atoms with Gasteiger partial charge in [-0.1, -0.05) is 23.2 Å². The minimum Gasteiger partial charge on any atom is -0.434 e. The van der Waals surface area contributed by atoms with Crippen molar-refractivity contribution in [2.75, 3.05) is 0 Å². The standard InChI is InChI=1S/C8H5Cl2F2NO2/c9-3-1-4(10)6(7(13)14)5(2-3)15-8(11)12/h1-2,8H,(H2,13,14). The Kier molecular flexibility index (Phi) is 3.71. The van der Waals surface area contributed by atoms with Gasteiger partial charge < -0.3 is 10.5 Å². The van der Waals surface area contributed by atoms with Crippen molar-refractivity contribution in [2.24, 2.45) is 5.73 Å². The van der Waals surface area contributed by atoms with Gasteiger partial charge in [-0.05, 0) is 12.1 Å². The molecule has 0 heterocycles. The molecule has 0 atom stereocenters. The molecule has 0 saturated carbocycles. The topological polar surface area (TPSA) is 52.3 Å². The number of benzene rings is 1. The van der Waals surface area contributed by atoms with Gasteiger partial charge in [0.05, 0.1) is 5.02 Å². The molecule has 82 valence electrons. The first-order chi connectivity index (χ1) is 6.91. The number of nitrogens with two attached hydrogens (primary N) is 1. The summed E-state index contributed by atoms with van der Waals surface area (Å²) in [4.78, 5) is 10.9. The minimum absolute atomic E-state index is 0.0700. The first-order valence-corrected chi connectivity index (χ1v) is 4.41. The van der Waals surface area contributed by atoms with E-state index in [2.05, 4.69) is 4.74 Å². The molecule has 1 aromatic rings. The second-order valence-corrected chi connectivity index (χ2v) is 3.35. The number of halogens is 4. The lowest BCUT2D eigenvalue weighted by atomic mass is 10.2. The molecule has 0 aromatic heterocycles. The van der Waals surface area contributed by atoms with Crippen LogP contribution < -0.4 is 10.5 Å². The molecule has 0 aliphatic carbocycles. The quantitative estimate of drug-likeness (QED) is 0.903. The molecule has 0 spiro atoms. The smallest absolute Gasteiger partial charge is 0.387 e. The van der Waals surface area contributed by atoms with Gasteiger partial charge in [-0.15, -0.1) is 0 Å². The van der Waals surface area contributed by atoms with Gasteiger partial charge in [0.2, 0.25) is 0 Å². The van der Waals surface area contributed by atoms with Crippen LogP contribution in [0.5, 0.6) is 5.75 Å². The van der Waals surface area contributed by atoms with Crippen LogP contribution in [0.15, 0.2) is 12.1 Å². The van der Waals surface area contributed by atoms with Gasteiger partial charge in [-0.25, -0.2) is 0 Å². The Labute approximate surface area is 93.7 Å². The van der Waals surface area contributed by atoms with Crippen LogP contribution in [0, 0.1) is 0 Å². The van der Waals surface area contributed by atoms with Crippen LogP contribution in [-0.4, -0.2) is 12.5 Å². The zero-order valence-electron chi connectivity index (χ0n) is 7.14. The molecule has 0 saturated heterocycles. The second kappa shape index (κ2) is 4.63. The summed E-state index contributed by atoms with van der Waals surface area (Å²) in [6, 6.07) is 2.25. The summed E-state index contributed by atoms with van der Waals surface area (Å²) in [5, 5.41) is -0.0636. The molecular weight excluding hydrogens is 251 g/mol. The van der Waals surface area contributed by atoms with E-state index in [1.54, 1.807) is 0 Å². The van der Waals surface area contributed by atoms with Crippen molar-refractivity contribution < 1.29 is 18.3 Å². The van der Waals surface area contributed by atoms with E-state index in [9.17, 15) is 13.6 Å². The Bertz CT molecular complexity index is 398. The SMILES string of the molecule is NC(=O)c1c(Cl)cc(Cl)cc1OC(F)F. The summed E-state index contributed by atoms with van der Waals surface area (Å²) in [6.07, 6.45) is 0. The Hall–Kier alpha value is -1.07. The summed E-state index contributed by atoms with van der Waals surface area (Å²) >= 11 is 11.2. The maximum atomic E-state index is 12.0. The molecule has 3 nitrogen and oxygen atoms in total. The molecule has 1 rings (SSSR count). The van der Waals surface area contributed by atoms with Gasteiger partial charge in [0.25, 0.3) is 5.91 Å². The molecule has 0 aliphatic rings. The van der Waals surface area contributed by atoms with E-state index < -0.39 is 18.3 Å². The molecule has 0 fully saturated rings. The number of primary amides is 1. The van der Waals surface area contributed by atoms with Crippen LogP contribution in [0.1, 0.15) is 10.4 Å². The summed E-state index contributed by atoms with van der Waals surface area (Å²) in [7, 11) is 0. The summed E-state index contributed by atoms with van der Waals surface area (Å²) < 4.78 is 28.0. The zero-order valence-corrected chi connectivity index (χ0v) is 8.65. The van der Waals surface area contributed by atoms with Crippen LogP contribution in [0.2, 0.25) is 10.0 Å². The molecule has 1 amide bonds. The number of ether oxygens (including phenoxy) is 1. The van der Waals surface area contributed by atoms with Gasteiger partial charge in [0, 0.05) is 5.02 Å². The molecule has 0 bridgehead atoms. The number of carbonyl (C=O) groups excluding carboxylic acids is 1. The van der Waals surface area contributed by atoms with Crippen LogP contribution in [0.4, 0.5) is 8.78 Å². The van der Waals surface area contributed by atoms with Crippen molar-refractivity contribution in [2.45, 2.75) is 6.61 Å². The van der Waals surface area contributed by atoms with Crippen molar-refractivity contribution in [1.29, 1.82) is 0 Å². The van der Waals surface area contributed by atoms with Crippen LogP contribution in [0.3, 0.4) is 0 Å². The van der Waals surface area contributed by atoms with E-state index in [0.717, 1.165) is 6.07 Å². The molecule has 0 unspecified atom stereocenters. The molecule has 0 aliphatic heterocycles. The third kappa shape index (κ3) is 2.94. The van der Waals surface area contributed by atoms with Gasteiger partial charge in [0.15, 0.2) is 0 Å². The lowest BCUT2D eigenvalue weighted by Gasteiger charge is -2.10. The number of hydrogen-bond donors (Lipinski definition) is 1. The molecule has 2 N–H and O–H groups in total. The van der Waals surface area contributed by atoms with Gasteiger partial charge >= 0.3 is 6.61 Å². The largest absolute Gasteiger partial charge is 0.434 e. The predicted octanol–water partition coefficient (Wildman–Crippen LogP) is 2.69. The van der Waals surface area contributed by atoms with Crippen LogP contribution in [-0.2, 0) is 0 Å². The third-order valence-corrected chi connectivity index (χ3v) is 2.00. The average molecular weight is 256 g/mol. The van der Waals surface area contributed by atoms with E-state index in [0.29, 0.717) is 0 Å². The van der Waals surface area contributed by atoms with Crippen molar-refractivity contribution in [3.63, 3.8) is 0 Å². The van der Waals surface area contributed by atoms with Crippen molar-refractivity contribution in [3.05, 3.63) is 27.7 Å². The fraction of sp³-hybridized carbons (Fsp3) is 0.125. The zero-order chi connectivity index (χ0) is 11.6.